The lowest BCUT2D eigenvalue weighted by molar-refractivity contribution is -0.00519. The van der Waals surface area contributed by atoms with Gasteiger partial charge < -0.3 is 0 Å². The molecule has 0 unspecified atom stereocenters. The van der Waals surface area contributed by atoms with E-state index in [0.29, 0.717) is 5.41 Å². The van der Waals surface area contributed by atoms with Gasteiger partial charge >= 0.3 is 0 Å². The van der Waals surface area contributed by atoms with Crippen molar-refractivity contribution in [1.82, 2.24) is 0 Å². The van der Waals surface area contributed by atoms with Crippen molar-refractivity contribution in [3.63, 3.8) is 0 Å². The average molecular weight is 239 g/mol. The minimum Gasteiger partial charge on any atom is -0.0585 e. The first-order valence-electron chi connectivity index (χ1n) is 7.67. The Labute approximate surface area is 111 Å². The normalized spacial score (nSPS) is 41.3. The maximum Gasteiger partial charge on any atom is -0.00391 e. The van der Waals surface area contributed by atoms with Gasteiger partial charge in [-0.1, -0.05) is 31.2 Å². The lowest BCUT2D eigenvalue weighted by atomic mass is 9.48. The van der Waals surface area contributed by atoms with Crippen LogP contribution in [0.2, 0.25) is 0 Å². The van der Waals surface area contributed by atoms with E-state index in [-0.39, 0.29) is 0 Å². The summed E-state index contributed by atoms with van der Waals surface area (Å²) in [6.45, 7) is 2.12. The highest BCUT2D eigenvalue weighted by Crippen LogP contribution is 2.60. The largest absolute Gasteiger partial charge is 0.0585 e. The molecule has 0 aliphatic heterocycles. The van der Waals surface area contributed by atoms with Gasteiger partial charge in [-0.2, -0.15) is 0 Å². The van der Waals surface area contributed by atoms with Gasteiger partial charge in [0.1, 0.15) is 0 Å². The van der Waals surface area contributed by atoms with Crippen molar-refractivity contribution in [2.45, 2.75) is 50.9 Å². The monoisotopic (exact) mass is 239 g/mol. The van der Waals surface area contributed by atoms with Crippen LogP contribution < -0.4 is 0 Å². The number of rotatable bonds is 2. The standard InChI is InChI=1S/C18H23/c1-2-13-3-5-17(6-4-13)18-10-14-7-15(11-18)9-16(8-14)12-18/h2-6,14-16H,7-12H2,1H3. The lowest BCUT2D eigenvalue weighted by Crippen LogP contribution is -2.48. The number of benzene rings is 1. The minimum absolute atomic E-state index is 0.570. The first-order valence-corrected chi connectivity index (χ1v) is 7.67. The zero-order valence-electron chi connectivity index (χ0n) is 11.4. The van der Waals surface area contributed by atoms with Crippen LogP contribution in [0.4, 0.5) is 0 Å². The molecule has 4 aliphatic rings. The second-order valence-corrected chi connectivity index (χ2v) is 7.11. The Balaban J connectivity index is 1.70. The Kier molecular flexibility index (Phi) is 2.37. The molecule has 4 bridgehead atoms. The molecule has 1 radical (unpaired) electrons. The molecule has 0 heteroatoms. The molecule has 95 valence electrons. The van der Waals surface area contributed by atoms with Crippen molar-refractivity contribution in [2.24, 2.45) is 17.8 Å². The number of hydrogen-bond donors (Lipinski definition) is 0. The van der Waals surface area contributed by atoms with E-state index < -0.39 is 0 Å². The van der Waals surface area contributed by atoms with Crippen molar-refractivity contribution in [3.05, 3.63) is 41.8 Å². The molecule has 0 heterocycles. The fourth-order valence-corrected chi connectivity index (χ4v) is 5.49. The predicted molar refractivity (Wildman–Crippen MR) is 75.4 cm³/mol. The van der Waals surface area contributed by atoms with Gasteiger partial charge in [0, 0.05) is 0 Å². The molecule has 1 aromatic carbocycles. The summed E-state index contributed by atoms with van der Waals surface area (Å²) in [7, 11) is 0. The van der Waals surface area contributed by atoms with Crippen molar-refractivity contribution < 1.29 is 0 Å². The second-order valence-electron chi connectivity index (χ2n) is 7.11. The van der Waals surface area contributed by atoms with Crippen LogP contribution in [0, 0.1) is 24.2 Å². The molecule has 4 aliphatic carbocycles. The Morgan fingerprint density at radius 2 is 1.39 bits per heavy atom. The van der Waals surface area contributed by atoms with Crippen molar-refractivity contribution in [2.75, 3.05) is 0 Å². The zero-order valence-corrected chi connectivity index (χ0v) is 11.4. The van der Waals surface area contributed by atoms with E-state index in [9.17, 15) is 0 Å². The first kappa shape index (κ1) is 11.1. The van der Waals surface area contributed by atoms with E-state index in [0.717, 1.165) is 17.8 Å². The molecule has 0 amide bonds. The number of hydrogen-bond acceptors (Lipinski definition) is 0. The molecule has 4 fully saturated rings. The molecule has 0 aromatic heterocycles. The zero-order chi connectivity index (χ0) is 12.2. The van der Waals surface area contributed by atoms with Gasteiger partial charge in [-0.15, -0.1) is 0 Å². The maximum atomic E-state index is 2.42. The SMILES string of the molecule is C[CH]c1ccc(C23CC4CC(CC(C4)C2)C3)cc1. The predicted octanol–water partition coefficient (Wildman–Crippen LogP) is 4.73. The summed E-state index contributed by atoms with van der Waals surface area (Å²) < 4.78 is 0. The van der Waals surface area contributed by atoms with Gasteiger partial charge in [0.15, 0.2) is 0 Å². The summed E-state index contributed by atoms with van der Waals surface area (Å²) in [6.07, 6.45) is 11.3. The van der Waals surface area contributed by atoms with E-state index in [2.05, 4.69) is 37.6 Å². The molecular weight excluding hydrogens is 216 g/mol. The third-order valence-corrected chi connectivity index (χ3v) is 5.89. The Bertz CT molecular complexity index is 404. The molecule has 4 saturated carbocycles. The van der Waals surface area contributed by atoms with Crippen molar-refractivity contribution in [3.8, 4) is 0 Å². The van der Waals surface area contributed by atoms with Gasteiger partial charge in [-0.25, -0.2) is 0 Å². The summed E-state index contributed by atoms with van der Waals surface area (Å²) in [4.78, 5) is 0. The van der Waals surface area contributed by atoms with Crippen LogP contribution in [0.1, 0.15) is 56.6 Å². The summed E-state index contributed by atoms with van der Waals surface area (Å²) in [6, 6.07) is 9.47. The van der Waals surface area contributed by atoms with Crippen LogP contribution in [-0.2, 0) is 5.41 Å². The average Bonchev–Trinajstić information content (AvgIpc) is 2.37. The summed E-state index contributed by atoms with van der Waals surface area (Å²) >= 11 is 0. The van der Waals surface area contributed by atoms with Gasteiger partial charge in [0.05, 0.1) is 0 Å². The van der Waals surface area contributed by atoms with Crippen molar-refractivity contribution in [1.29, 1.82) is 0 Å². The smallest absolute Gasteiger partial charge is 0.00391 e. The van der Waals surface area contributed by atoms with E-state index >= 15 is 0 Å². The van der Waals surface area contributed by atoms with E-state index in [4.69, 9.17) is 0 Å². The third kappa shape index (κ3) is 1.57. The molecule has 0 saturated heterocycles. The van der Waals surface area contributed by atoms with Crippen LogP contribution in [0.3, 0.4) is 0 Å². The van der Waals surface area contributed by atoms with Crippen LogP contribution in [-0.4, -0.2) is 0 Å². The molecular formula is C18H23. The quantitative estimate of drug-likeness (QED) is 0.700. The van der Waals surface area contributed by atoms with Crippen LogP contribution in [0.5, 0.6) is 0 Å². The highest BCUT2D eigenvalue weighted by atomic mass is 14.6. The lowest BCUT2D eigenvalue weighted by Gasteiger charge is -2.57. The molecule has 5 rings (SSSR count). The van der Waals surface area contributed by atoms with Gasteiger partial charge in [-0.3, -0.25) is 0 Å². The van der Waals surface area contributed by atoms with Gasteiger partial charge in [0.25, 0.3) is 0 Å². The fourth-order valence-electron chi connectivity index (χ4n) is 5.49. The maximum absolute atomic E-state index is 2.42. The molecule has 0 nitrogen and oxygen atoms in total. The first-order chi connectivity index (χ1) is 8.77. The van der Waals surface area contributed by atoms with Crippen molar-refractivity contribution >= 4 is 0 Å². The van der Waals surface area contributed by atoms with Crippen LogP contribution in [0.15, 0.2) is 24.3 Å². The highest BCUT2D eigenvalue weighted by molar-refractivity contribution is 5.34. The Morgan fingerprint density at radius 1 is 0.889 bits per heavy atom. The molecule has 1 aromatic rings. The Hall–Kier alpha value is -0.780. The summed E-state index contributed by atoms with van der Waals surface area (Å²) in [5, 5.41) is 0. The van der Waals surface area contributed by atoms with E-state index in [1.165, 1.54) is 24.8 Å². The molecule has 18 heavy (non-hydrogen) atoms. The highest BCUT2D eigenvalue weighted by Gasteiger charge is 2.51. The van der Waals surface area contributed by atoms with E-state index in [1.807, 2.05) is 0 Å². The minimum atomic E-state index is 0.570. The second kappa shape index (κ2) is 3.85. The third-order valence-electron chi connectivity index (χ3n) is 5.89. The van der Waals surface area contributed by atoms with Gasteiger partial charge in [0.2, 0.25) is 0 Å². The molecule has 0 spiro atoms. The van der Waals surface area contributed by atoms with Crippen LogP contribution in [0.25, 0.3) is 0 Å². The topological polar surface area (TPSA) is 0 Å². The van der Waals surface area contributed by atoms with Gasteiger partial charge in [-0.05, 0) is 79.2 Å². The molecule has 0 N–H and O–H groups in total. The van der Waals surface area contributed by atoms with Crippen LogP contribution >= 0.6 is 0 Å². The summed E-state index contributed by atoms with van der Waals surface area (Å²) in [5.74, 6) is 3.15. The Morgan fingerprint density at radius 3 is 1.83 bits per heavy atom. The molecule has 0 atom stereocenters. The fraction of sp³-hybridized carbons (Fsp3) is 0.611. The summed E-state index contributed by atoms with van der Waals surface area (Å²) in [5.41, 5.74) is 3.58. The van der Waals surface area contributed by atoms with E-state index in [1.54, 1.807) is 24.8 Å².